The number of nitrogens with zero attached hydrogens (tertiary/aromatic N) is 2. The molecule has 92 valence electrons. The van der Waals surface area contributed by atoms with Crippen LogP contribution in [-0.2, 0) is 11.3 Å². The number of pyridine rings is 1. The van der Waals surface area contributed by atoms with Crippen molar-refractivity contribution in [2.45, 2.75) is 6.54 Å². The molecule has 1 fully saturated rings. The zero-order valence-electron chi connectivity index (χ0n) is 9.56. The van der Waals surface area contributed by atoms with Gasteiger partial charge in [-0.15, -0.1) is 0 Å². The molecule has 1 aromatic rings. The standard InChI is InChI=1S/C11H16N4O2/c12-14-11(16)9-1-2-10(13-7-9)8-15-3-5-17-6-4-15/h1-2,7H,3-6,8,12H2,(H,14,16). The Labute approximate surface area is 99.7 Å². The van der Waals surface area contributed by atoms with E-state index in [0.717, 1.165) is 38.5 Å². The minimum Gasteiger partial charge on any atom is -0.379 e. The van der Waals surface area contributed by atoms with E-state index in [-0.39, 0.29) is 5.91 Å². The van der Waals surface area contributed by atoms with Crippen LogP contribution < -0.4 is 11.3 Å². The normalized spacial score (nSPS) is 16.8. The van der Waals surface area contributed by atoms with Crippen LogP contribution in [0.2, 0.25) is 0 Å². The molecule has 2 heterocycles. The highest BCUT2D eigenvalue weighted by molar-refractivity contribution is 5.93. The van der Waals surface area contributed by atoms with Gasteiger partial charge in [0.25, 0.3) is 5.91 Å². The maximum Gasteiger partial charge on any atom is 0.266 e. The summed E-state index contributed by atoms with van der Waals surface area (Å²) in [7, 11) is 0. The molecule has 1 saturated heterocycles. The van der Waals surface area contributed by atoms with E-state index < -0.39 is 0 Å². The topological polar surface area (TPSA) is 80.5 Å². The SMILES string of the molecule is NNC(=O)c1ccc(CN2CCOCC2)nc1. The summed E-state index contributed by atoms with van der Waals surface area (Å²) in [6.07, 6.45) is 1.54. The number of carbonyl (C=O) groups excluding carboxylic acids is 1. The molecule has 17 heavy (non-hydrogen) atoms. The summed E-state index contributed by atoms with van der Waals surface area (Å²) in [5.41, 5.74) is 3.49. The lowest BCUT2D eigenvalue weighted by molar-refractivity contribution is 0.0336. The van der Waals surface area contributed by atoms with Gasteiger partial charge in [-0.2, -0.15) is 0 Å². The van der Waals surface area contributed by atoms with Crippen molar-refractivity contribution in [2.75, 3.05) is 26.3 Å². The third-order valence-electron chi connectivity index (χ3n) is 2.71. The lowest BCUT2D eigenvalue weighted by Crippen LogP contribution is -2.36. The fraction of sp³-hybridized carbons (Fsp3) is 0.455. The number of rotatable bonds is 3. The first kappa shape index (κ1) is 12.0. The summed E-state index contributed by atoms with van der Waals surface area (Å²) >= 11 is 0. The molecule has 1 amide bonds. The van der Waals surface area contributed by atoms with E-state index in [1.165, 1.54) is 6.20 Å². The number of hydrazine groups is 1. The predicted octanol–water partition coefficient (Wildman–Crippen LogP) is -0.483. The molecule has 0 aromatic carbocycles. The molecule has 0 aliphatic carbocycles. The number of carbonyl (C=O) groups is 1. The second kappa shape index (κ2) is 5.72. The second-order valence-corrected chi connectivity index (χ2v) is 3.90. The van der Waals surface area contributed by atoms with Crippen molar-refractivity contribution in [1.82, 2.24) is 15.3 Å². The van der Waals surface area contributed by atoms with Crippen LogP contribution in [0.5, 0.6) is 0 Å². The molecule has 0 unspecified atom stereocenters. The van der Waals surface area contributed by atoms with Gasteiger partial charge >= 0.3 is 0 Å². The lowest BCUT2D eigenvalue weighted by atomic mass is 10.2. The van der Waals surface area contributed by atoms with Gasteiger partial charge in [0.05, 0.1) is 24.5 Å². The Bertz CT molecular complexity index is 374. The molecule has 1 aromatic heterocycles. The van der Waals surface area contributed by atoms with E-state index in [2.05, 4.69) is 15.3 Å². The van der Waals surface area contributed by atoms with E-state index in [1.807, 2.05) is 6.07 Å². The Kier molecular flexibility index (Phi) is 4.03. The smallest absolute Gasteiger partial charge is 0.266 e. The molecule has 2 rings (SSSR count). The highest BCUT2D eigenvalue weighted by Crippen LogP contribution is 2.06. The molecule has 0 saturated carbocycles. The fourth-order valence-electron chi connectivity index (χ4n) is 1.72. The van der Waals surface area contributed by atoms with Gasteiger partial charge in [0, 0.05) is 25.8 Å². The number of nitrogens with one attached hydrogen (secondary N) is 1. The first-order chi connectivity index (χ1) is 8.29. The summed E-state index contributed by atoms with van der Waals surface area (Å²) in [5, 5.41) is 0. The third-order valence-corrected chi connectivity index (χ3v) is 2.71. The molecule has 6 nitrogen and oxygen atoms in total. The van der Waals surface area contributed by atoms with Crippen LogP contribution in [0.25, 0.3) is 0 Å². The molecule has 0 radical (unpaired) electrons. The van der Waals surface area contributed by atoms with Gasteiger partial charge in [0.1, 0.15) is 0 Å². The monoisotopic (exact) mass is 236 g/mol. The molecule has 1 aliphatic heterocycles. The Hall–Kier alpha value is -1.50. The molecular weight excluding hydrogens is 220 g/mol. The number of hydrogen-bond donors (Lipinski definition) is 2. The Balaban J connectivity index is 1.95. The lowest BCUT2D eigenvalue weighted by Gasteiger charge is -2.26. The van der Waals surface area contributed by atoms with Crippen molar-refractivity contribution in [3.8, 4) is 0 Å². The van der Waals surface area contributed by atoms with Crippen molar-refractivity contribution >= 4 is 5.91 Å². The first-order valence-electron chi connectivity index (χ1n) is 5.55. The fourth-order valence-corrected chi connectivity index (χ4v) is 1.72. The Morgan fingerprint density at radius 2 is 2.24 bits per heavy atom. The summed E-state index contributed by atoms with van der Waals surface area (Å²) < 4.78 is 5.27. The van der Waals surface area contributed by atoms with Crippen LogP contribution >= 0.6 is 0 Å². The van der Waals surface area contributed by atoms with E-state index in [1.54, 1.807) is 6.07 Å². The predicted molar refractivity (Wildman–Crippen MR) is 62.0 cm³/mol. The maximum absolute atomic E-state index is 11.2. The highest BCUT2D eigenvalue weighted by Gasteiger charge is 2.11. The number of hydrogen-bond acceptors (Lipinski definition) is 5. The highest BCUT2D eigenvalue weighted by atomic mass is 16.5. The van der Waals surface area contributed by atoms with Crippen LogP contribution in [0.3, 0.4) is 0 Å². The van der Waals surface area contributed by atoms with Gasteiger partial charge < -0.3 is 4.74 Å². The van der Waals surface area contributed by atoms with E-state index in [9.17, 15) is 4.79 Å². The van der Waals surface area contributed by atoms with Gasteiger partial charge in [-0.05, 0) is 12.1 Å². The van der Waals surface area contributed by atoms with Gasteiger partial charge in [-0.3, -0.25) is 20.1 Å². The summed E-state index contributed by atoms with van der Waals surface area (Å²) in [6.45, 7) is 4.18. The maximum atomic E-state index is 11.2. The first-order valence-corrected chi connectivity index (χ1v) is 5.55. The molecular formula is C11H16N4O2. The number of ether oxygens (including phenoxy) is 1. The molecule has 0 atom stereocenters. The van der Waals surface area contributed by atoms with Crippen molar-refractivity contribution < 1.29 is 9.53 Å². The second-order valence-electron chi connectivity index (χ2n) is 3.90. The molecule has 3 N–H and O–H groups in total. The van der Waals surface area contributed by atoms with Crippen LogP contribution in [0.15, 0.2) is 18.3 Å². The van der Waals surface area contributed by atoms with Crippen molar-refractivity contribution in [3.63, 3.8) is 0 Å². The van der Waals surface area contributed by atoms with Crippen LogP contribution in [0.1, 0.15) is 16.1 Å². The van der Waals surface area contributed by atoms with Crippen LogP contribution in [0.4, 0.5) is 0 Å². The molecule has 6 heteroatoms. The van der Waals surface area contributed by atoms with Gasteiger partial charge in [-0.25, -0.2) is 5.84 Å². The molecule has 1 aliphatic rings. The van der Waals surface area contributed by atoms with E-state index in [4.69, 9.17) is 10.6 Å². The van der Waals surface area contributed by atoms with Crippen molar-refractivity contribution in [3.05, 3.63) is 29.6 Å². The number of amides is 1. The largest absolute Gasteiger partial charge is 0.379 e. The van der Waals surface area contributed by atoms with Crippen molar-refractivity contribution in [2.24, 2.45) is 5.84 Å². The zero-order valence-corrected chi connectivity index (χ0v) is 9.56. The summed E-state index contributed by atoms with van der Waals surface area (Å²) in [5.74, 6) is 4.72. The molecule has 0 bridgehead atoms. The zero-order chi connectivity index (χ0) is 12.1. The number of aromatic nitrogens is 1. The average Bonchev–Trinajstić information content (AvgIpc) is 2.40. The number of nitrogen functional groups attached to an aromatic ring is 1. The number of nitrogens with two attached hydrogens (primary N) is 1. The minimum atomic E-state index is -0.324. The summed E-state index contributed by atoms with van der Waals surface area (Å²) in [6, 6.07) is 3.57. The van der Waals surface area contributed by atoms with Gasteiger partial charge in [-0.1, -0.05) is 0 Å². The summed E-state index contributed by atoms with van der Waals surface area (Å²) in [4.78, 5) is 17.7. The van der Waals surface area contributed by atoms with E-state index in [0.29, 0.717) is 5.56 Å². The minimum absolute atomic E-state index is 0.324. The Morgan fingerprint density at radius 1 is 1.47 bits per heavy atom. The van der Waals surface area contributed by atoms with Crippen LogP contribution in [0, 0.1) is 0 Å². The van der Waals surface area contributed by atoms with Crippen LogP contribution in [-0.4, -0.2) is 42.1 Å². The Morgan fingerprint density at radius 3 is 2.82 bits per heavy atom. The van der Waals surface area contributed by atoms with Gasteiger partial charge in [0.2, 0.25) is 0 Å². The third kappa shape index (κ3) is 3.23. The number of morpholine rings is 1. The quantitative estimate of drug-likeness (QED) is 0.421. The average molecular weight is 236 g/mol. The van der Waals surface area contributed by atoms with E-state index >= 15 is 0 Å². The molecule has 0 spiro atoms. The van der Waals surface area contributed by atoms with Gasteiger partial charge in [0.15, 0.2) is 0 Å². The van der Waals surface area contributed by atoms with Crippen molar-refractivity contribution in [1.29, 1.82) is 0 Å².